The summed E-state index contributed by atoms with van der Waals surface area (Å²) in [6, 6.07) is 11.0. The standard InChI is InChI=1S/C17H16N4O2S2/c1-11-4-6-12(7-5-11)19-16(23)21-17-20-14(10-25-17)15(22)18-9-13-3-2-8-24-13/h2-8,10H,9H2,1H3,(H,18,22)(H2,19,20,21,23). The normalized spacial score (nSPS) is 10.3. The largest absolute Gasteiger partial charge is 0.346 e. The number of carbonyl (C=O) groups is 2. The number of hydrogen-bond donors (Lipinski definition) is 3. The van der Waals surface area contributed by atoms with Crippen LogP contribution in [0.2, 0.25) is 0 Å². The molecule has 0 spiro atoms. The first kappa shape index (κ1) is 17.1. The molecule has 25 heavy (non-hydrogen) atoms. The lowest BCUT2D eigenvalue weighted by molar-refractivity contribution is 0.0947. The Morgan fingerprint density at radius 1 is 1.08 bits per heavy atom. The Balaban J connectivity index is 1.52. The topological polar surface area (TPSA) is 83.1 Å². The van der Waals surface area contributed by atoms with E-state index in [1.165, 1.54) is 11.3 Å². The minimum absolute atomic E-state index is 0.267. The van der Waals surface area contributed by atoms with E-state index in [-0.39, 0.29) is 11.6 Å². The monoisotopic (exact) mass is 372 g/mol. The molecule has 1 aromatic carbocycles. The fourth-order valence-electron chi connectivity index (χ4n) is 2.00. The van der Waals surface area contributed by atoms with Crippen LogP contribution in [-0.4, -0.2) is 16.9 Å². The summed E-state index contributed by atoms with van der Waals surface area (Å²) < 4.78 is 0. The molecule has 0 aliphatic rings. The van der Waals surface area contributed by atoms with Crippen LogP contribution in [0.25, 0.3) is 0 Å². The van der Waals surface area contributed by atoms with Crippen molar-refractivity contribution in [1.82, 2.24) is 10.3 Å². The van der Waals surface area contributed by atoms with Crippen LogP contribution in [0.4, 0.5) is 15.6 Å². The highest BCUT2D eigenvalue weighted by Gasteiger charge is 2.12. The maximum Gasteiger partial charge on any atom is 0.325 e. The van der Waals surface area contributed by atoms with Crippen LogP contribution in [0.15, 0.2) is 47.2 Å². The summed E-state index contributed by atoms with van der Waals surface area (Å²) in [6.07, 6.45) is 0. The fourth-order valence-corrected chi connectivity index (χ4v) is 3.33. The number of aromatic nitrogens is 1. The van der Waals surface area contributed by atoms with Gasteiger partial charge in [-0.2, -0.15) is 0 Å². The van der Waals surface area contributed by atoms with E-state index in [0.717, 1.165) is 10.4 Å². The molecule has 0 aliphatic carbocycles. The Morgan fingerprint density at radius 3 is 2.60 bits per heavy atom. The highest BCUT2D eigenvalue weighted by atomic mass is 32.1. The van der Waals surface area contributed by atoms with Gasteiger partial charge >= 0.3 is 6.03 Å². The van der Waals surface area contributed by atoms with Crippen LogP contribution < -0.4 is 16.0 Å². The van der Waals surface area contributed by atoms with E-state index >= 15 is 0 Å². The third-order valence-corrected chi connectivity index (χ3v) is 4.90. The summed E-state index contributed by atoms with van der Waals surface area (Å²) in [5, 5.41) is 12.1. The van der Waals surface area contributed by atoms with Crippen molar-refractivity contribution < 1.29 is 9.59 Å². The SMILES string of the molecule is Cc1ccc(NC(=O)Nc2nc(C(=O)NCc3cccs3)cs2)cc1. The van der Waals surface area contributed by atoms with Gasteiger partial charge in [0.25, 0.3) is 5.91 Å². The minimum atomic E-state index is -0.399. The molecule has 3 N–H and O–H groups in total. The smallest absolute Gasteiger partial charge is 0.325 e. The van der Waals surface area contributed by atoms with E-state index in [4.69, 9.17) is 0 Å². The predicted molar refractivity (Wildman–Crippen MR) is 101 cm³/mol. The van der Waals surface area contributed by atoms with Gasteiger partial charge in [0.1, 0.15) is 5.69 Å². The number of urea groups is 1. The van der Waals surface area contributed by atoms with Crippen molar-refractivity contribution in [3.05, 3.63) is 63.3 Å². The van der Waals surface area contributed by atoms with E-state index in [0.29, 0.717) is 17.4 Å². The molecule has 6 nitrogen and oxygen atoms in total. The highest BCUT2D eigenvalue weighted by molar-refractivity contribution is 7.14. The van der Waals surface area contributed by atoms with Crippen molar-refractivity contribution in [3.63, 3.8) is 0 Å². The summed E-state index contributed by atoms with van der Waals surface area (Å²) in [6.45, 7) is 2.44. The zero-order chi connectivity index (χ0) is 17.6. The van der Waals surface area contributed by atoms with Crippen LogP contribution in [0, 0.1) is 6.92 Å². The molecule has 0 bridgehead atoms. The second-order valence-corrected chi connectivity index (χ2v) is 7.14. The Labute approximate surface area is 152 Å². The number of nitrogens with zero attached hydrogens (tertiary/aromatic N) is 1. The van der Waals surface area contributed by atoms with Crippen LogP contribution in [0.5, 0.6) is 0 Å². The molecule has 8 heteroatoms. The molecule has 2 aromatic heterocycles. The minimum Gasteiger partial charge on any atom is -0.346 e. The molecule has 0 unspecified atom stereocenters. The van der Waals surface area contributed by atoms with Gasteiger partial charge in [0, 0.05) is 15.9 Å². The van der Waals surface area contributed by atoms with Gasteiger partial charge in [-0.05, 0) is 30.5 Å². The van der Waals surface area contributed by atoms with Gasteiger partial charge in [0.05, 0.1) is 6.54 Å². The molecule has 3 amide bonds. The van der Waals surface area contributed by atoms with E-state index in [1.807, 2.05) is 48.7 Å². The number of benzene rings is 1. The first-order valence-electron chi connectivity index (χ1n) is 7.51. The molecule has 0 atom stereocenters. The van der Waals surface area contributed by atoms with Gasteiger partial charge in [-0.15, -0.1) is 22.7 Å². The Morgan fingerprint density at radius 2 is 1.88 bits per heavy atom. The molecule has 0 radical (unpaired) electrons. The van der Waals surface area contributed by atoms with Crippen molar-refractivity contribution in [3.8, 4) is 0 Å². The zero-order valence-corrected chi connectivity index (χ0v) is 15.0. The van der Waals surface area contributed by atoms with Gasteiger partial charge in [-0.1, -0.05) is 23.8 Å². The molecular formula is C17H16N4O2S2. The van der Waals surface area contributed by atoms with Gasteiger partial charge in [-0.3, -0.25) is 10.1 Å². The van der Waals surface area contributed by atoms with E-state index < -0.39 is 6.03 Å². The van der Waals surface area contributed by atoms with Crippen molar-refractivity contribution in [1.29, 1.82) is 0 Å². The van der Waals surface area contributed by atoms with Gasteiger partial charge in [-0.25, -0.2) is 9.78 Å². The second-order valence-electron chi connectivity index (χ2n) is 5.25. The Kier molecular flexibility index (Phi) is 5.42. The van der Waals surface area contributed by atoms with Gasteiger partial charge in [0.2, 0.25) is 0 Å². The highest BCUT2D eigenvalue weighted by Crippen LogP contribution is 2.17. The number of amides is 3. The van der Waals surface area contributed by atoms with Crippen molar-refractivity contribution in [2.75, 3.05) is 10.6 Å². The lowest BCUT2D eigenvalue weighted by Crippen LogP contribution is -2.23. The lowest BCUT2D eigenvalue weighted by atomic mass is 10.2. The van der Waals surface area contributed by atoms with E-state index in [9.17, 15) is 9.59 Å². The van der Waals surface area contributed by atoms with Crippen LogP contribution in [0.3, 0.4) is 0 Å². The number of hydrogen-bond acceptors (Lipinski definition) is 5. The molecular weight excluding hydrogens is 356 g/mol. The fraction of sp³-hybridized carbons (Fsp3) is 0.118. The molecule has 0 saturated carbocycles. The summed E-state index contributed by atoms with van der Waals surface area (Å²) in [5.41, 5.74) is 2.09. The van der Waals surface area contributed by atoms with Crippen molar-refractivity contribution in [2.45, 2.75) is 13.5 Å². The molecule has 3 rings (SSSR count). The first-order chi connectivity index (χ1) is 12.1. The molecule has 2 heterocycles. The average molecular weight is 372 g/mol. The van der Waals surface area contributed by atoms with Crippen LogP contribution >= 0.6 is 22.7 Å². The average Bonchev–Trinajstić information content (AvgIpc) is 3.26. The third-order valence-electron chi connectivity index (χ3n) is 3.27. The van der Waals surface area contributed by atoms with Crippen LogP contribution in [-0.2, 0) is 6.54 Å². The number of thiophene rings is 1. The van der Waals surface area contributed by atoms with Crippen molar-refractivity contribution >= 4 is 45.4 Å². The van der Waals surface area contributed by atoms with Crippen molar-refractivity contribution in [2.24, 2.45) is 0 Å². The summed E-state index contributed by atoms with van der Waals surface area (Å²) in [7, 11) is 0. The maximum absolute atomic E-state index is 12.1. The lowest BCUT2D eigenvalue weighted by Gasteiger charge is -2.05. The molecule has 0 saturated heterocycles. The molecule has 3 aromatic rings. The van der Waals surface area contributed by atoms with Crippen LogP contribution in [0.1, 0.15) is 20.9 Å². The third kappa shape index (κ3) is 4.88. The van der Waals surface area contributed by atoms with E-state index in [1.54, 1.807) is 16.7 Å². The van der Waals surface area contributed by atoms with Gasteiger partial charge < -0.3 is 10.6 Å². The molecule has 128 valence electrons. The Hall–Kier alpha value is -2.71. The number of rotatable bonds is 5. The number of carbonyl (C=O) groups excluding carboxylic acids is 2. The Bertz CT molecular complexity index is 857. The molecule has 0 aliphatic heterocycles. The maximum atomic E-state index is 12.1. The predicted octanol–water partition coefficient (Wildman–Crippen LogP) is 4.09. The number of nitrogens with one attached hydrogen (secondary N) is 3. The number of aryl methyl sites for hydroxylation is 1. The summed E-state index contributed by atoms with van der Waals surface area (Å²) in [5.74, 6) is -0.267. The summed E-state index contributed by atoms with van der Waals surface area (Å²) in [4.78, 5) is 29.3. The van der Waals surface area contributed by atoms with Gasteiger partial charge in [0.15, 0.2) is 5.13 Å². The summed E-state index contributed by atoms with van der Waals surface area (Å²) >= 11 is 2.78. The number of thiazole rings is 1. The number of anilines is 2. The zero-order valence-electron chi connectivity index (χ0n) is 13.4. The quantitative estimate of drug-likeness (QED) is 0.631. The second kappa shape index (κ2) is 7.91. The first-order valence-corrected chi connectivity index (χ1v) is 9.27. The molecule has 0 fully saturated rings. The van der Waals surface area contributed by atoms with E-state index in [2.05, 4.69) is 20.9 Å².